The van der Waals surface area contributed by atoms with Crippen molar-refractivity contribution in [3.63, 3.8) is 0 Å². The molecule has 3 N–H and O–H groups in total. The number of hydrogen-bond donors (Lipinski definition) is 3. The quantitative estimate of drug-likeness (QED) is 0.737. The molecule has 0 saturated heterocycles. The summed E-state index contributed by atoms with van der Waals surface area (Å²) in [5, 5.41) is 14.5. The second-order valence-corrected chi connectivity index (χ2v) is 6.56. The highest BCUT2D eigenvalue weighted by molar-refractivity contribution is 5.98. The monoisotopic (exact) mass is 356 g/mol. The van der Waals surface area contributed by atoms with Crippen LogP contribution < -0.4 is 10.6 Å². The molecule has 26 heavy (non-hydrogen) atoms. The molecule has 7 heteroatoms. The number of anilines is 1. The van der Waals surface area contributed by atoms with Crippen molar-refractivity contribution in [2.75, 3.05) is 5.32 Å². The molecule has 2 atom stereocenters. The average Bonchev–Trinajstić information content (AvgIpc) is 3.21. The summed E-state index contributed by atoms with van der Waals surface area (Å²) in [5.41, 5.74) is 1.05. The maximum absolute atomic E-state index is 12.3. The van der Waals surface area contributed by atoms with Gasteiger partial charge in [0.1, 0.15) is 17.1 Å². The van der Waals surface area contributed by atoms with Gasteiger partial charge in [0.05, 0.1) is 6.54 Å². The van der Waals surface area contributed by atoms with E-state index in [-0.39, 0.29) is 29.8 Å². The van der Waals surface area contributed by atoms with Crippen LogP contribution in [0, 0.1) is 18.8 Å². The van der Waals surface area contributed by atoms with Gasteiger partial charge < -0.3 is 20.2 Å². The molecule has 1 fully saturated rings. The van der Waals surface area contributed by atoms with Crippen LogP contribution in [0.5, 0.6) is 0 Å². The van der Waals surface area contributed by atoms with E-state index in [2.05, 4.69) is 10.6 Å². The van der Waals surface area contributed by atoms with Crippen molar-refractivity contribution in [3.05, 3.63) is 53.0 Å². The van der Waals surface area contributed by atoms with E-state index in [9.17, 15) is 14.4 Å². The molecule has 0 aliphatic heterocycles. The van der Waals surface area contributed by atoms with Crippen LogP contribution in [0.15, 0.2) is 34.7 Å². The fourth-order valence-corrected chi connectivity index (χ4v) is 2.77. The SMILES string of the molecule is Cc1oc(CNC(=O)c2cccc(NC(=O)C3CC3C)c2)cc1C(=O)O. The number of carboxylic acids is 1. The summed E-state index contributed by atoms with van der Waals surface area (Å²) in [6, 6.07) is 8.07. The van der Waals surface area contributed by atoms with Gasteiger partial charge in [0.15, 0.2) is 0 Å². The smallest absolute Gasteiger partial charge is 0.339 e. The Morgan fingerprint density at radius 3 is 2.62 bits per heavy atom. The molecule has 136 valence electrons. The van der Waals surface area contributed by atoms with Crippen molar-refractivity contribution >= 4 is 23.5 Å². The highest BCUT2D eigenvalue weighted by Crippen LogP contribution is 2.38. The third kappa shape index (κ3) is 3.93. The Labute approximate surface area is 150 Å². The molecule has 1 aliphatic rings. The summed E-state index contributed by atoms with van der Waals surface area (Å²) in [6.07, 6.45) is 0.896. The first kappa shape index (κ1) is 17.7. The van der Waals surface area contributed by atoms with Gasteiger partial charge in [0, 0.05) is 17.2 Å². The maximum atomic E-state index is 12.3. The predicted molar refractivity (Wildman–Crippen MR) is 93.9 cm³/mol. The Bertz CT molecular complexity index is 871. The van der Waals surface area contributed by atoms with Gasteiger partial charge in [-0.05, 0) is 43.5 Å². The minimum Gasteiger partial charge on any atom is -0.478 e. The Morgan fingerprint density at radius 1 is 1.27 bits per heavy atom. The second-order valence-electron chi connectivity index (χ2n) is 6.56. The number of furan rings is 1. The molecule has 1 aliphatic carbocycles. The van der Waals surface area contributed by atoms with Crippen LogP contribution in [0.25, 0.3) is 0 Å². The average molecular weight is 356 g/mol. The number of nitrogens with one attached hydrogen (secondary N) is 2. The number of aryl methyl sites for hydroxylation is 1. The number of hydrogen-bond acceptors (Lipinski definition) is 4. The molecule has 1 aromatic carbocycles. The van der Waals surface area contributed by atoms with Gasteiger partial charge >= 0.3 is 5.97 Å². The van der Waals surface area contributed by atoms with Crippen molar-refractivity contribution < 1.29 is 23.9 Å². The fraction of sp³-hybridized carbons (Fsp3) is 0.316. The van der Waals surface area contributed by atoms with Gasteiger partial charge in [-0.1, -0.05) is 13.0 Å². The van der Waals surface area contributed by atoms with Crippen molar-refractivity contribution in [3.8, 4) is 0 Å². The standard InChI is InChI=1S/C19H20N2O5/c1-10-6-15(10)18(23)21-13-5-3-4-12(7-13)17(22)20-9-14-8-16(19(24)25)11(2)26-14/h3-5,7-8,10,15H,6,9H2,1-2H3,(H,20,22)(H,21,23)(H,24,25). The zero-order chi connectivity index (χ0) is 18.8. The lowest BCUT2D eigenvalue weighted by atomic mass is 10.1. The van der Waals surface area contributed by atoms with E-state index in [1.807, 2.05) is 6.92 Å². The van der Waals surface area contributed by atoms with Crippen molar-refractivity contribution in [2.24, 2.45) is 11.8 Å². The van der Waals surface area contributed by atoms with E-state index >= 15 is 0 Å². The van der Waals surface area contributed by atoms with Crippen LogP contribution in [-0.4, -0.2) is 22.9 Å². The van der Waals surface area contributed by atoms with Crippen LogP contribution in [-0.2, 0) is 11.3 Å². The molecule has 2 aromatic rings. The molecular formula is C19H20N2O5. The van der Waals surface area contributed by atoms with Gasteiger partial charge in [-0.3, -0.25) is 9.59 Å². The van der Waals surface area contributed by atoms with Crippen LogP contribution in [0.2, 0.25) is 0 Å². The zero-order valence-corrected chi connectivity index (χ0v) is 14.5. The number of carbonyl (C=O) groups is 3. The summed E-state index contributed by atoms with van der Waals surface area (Å²) in [5.74, 6) is -0.320. The zero-order valence-electron chi connectivity index (χ0n) is 14.5. The molecular weight excluding hydrogens is 336 g/mol. The van der Waals surface area contributed by atoms with E-state index < -0.39 is 5.97 Å². The van der Waals surface area contributed by atoms with E-state index in [1.54, 1.807) is 31.2 Å². The molecule has 2 amide bonds. The number of carboxylic acid groups (broad SMARTS) is 1. The van der Waals surface area contributed by atoms with E-state index in [0.29, 0.717) is 28.7 Å². The highest BCUT2D eigenvalue weighted by atomic mass is 16.4. The lowest BCUT2D eigenvalue weighted by Crippen LogP contribution is -2.23. The molecule has 0 spiro atoms. The summed E-state index contributed by atoms with van der Waals surface area (Å²) in [6.45, 7) is 3.66. The van der Waals surface area contributed by atoms with Gasteiger partial charge in [-0.15, -0.1) is 0 Å². The maximum Gasteiger partial charge on any atom is 0.339 e. The largest absolute Gasteiger partial charge is 0.478 e. The Hall–Kier alpha value is -3.09. The number of carbonyl (C=O) groups excluding carboxylic acids is 2. The molecule has 1 heterocycles. The van der Waals surface area contributed by atoms with Crippen LogP contribution >= 0.6 is 0 Å². The summed E-state index contributed by atoms with van der Waals surface area (Å²) in [7, 11) is 0. The topological polar surface area (TPSA) is 109 Å². The summed E-state index contributed by atoms with van der Waals surface area (Å²) in [4.78, 5) is 35.3. The van der Waals surface area contributed by atoms with Crippen molar-refractivity contribution in [1.82, 2.24) is 5.32 Å². The molecule has 1 aromatic heterocycles. The van der Waals surface area contributed by atoms with Gasteiger partial charge in [-0.25, -0.2) is 4.79 Å². The predicted octanol–water partition coefficient (Wildman–Crippen LogP) is 2.81. The van der Waals surface area contributed by atoms with Crippen molar-refractivity contribution in [1.29, 1.82) is 0 Å². The van der Waals surface area contributed by atoms with Crippen molar-refractivity contribution in [2.45, 2.75) is 26.8 Å². The lowest BCUT2D eigenvalue weighted by molar-refractivity contribution is -0.117. The molecule has 2 unspecified atom stereocenters. The summed E-state index contributed by atoms with van der Waals surface area (Å²) >= 11 is 0. The van der Waals surface area contributed by atoms with Crippen LogP contribution in [0.3, 0.4) is 0 Å². The number of aromatic carboxylic acids is 1. The first-order valence-corrected chi connectivity index (χ1v) is 8.37. The fourth-order valence-electron chi connectivity index (χ4n) is 2.77. The highest BCUT2D eigenvalue weighted by Gasteiger charge is 2.39. The third-order valence-electron chi connectivity index (χ3n) is 4.46. The van der Waals surface area contributed by atoms with E-state index in [4.69, 9.17) is 9.52 Å². The van der Waals surface area contributed by atoms with E-state index in [0.717, 1.165) is 6.42 Å². The minimum atomic E-state index is -1.07. The van der Waals surface area contributed by atoms with Crippen LogP contribution in [0.4, 0.5) is 5.69 Å². The first-order valence-electron chi connectivity index (χ1n) is 8.37. The van der Waals surface area contributed by atoms with Gasteiger partial charge in [-0.2, -0.15) is 0 Å². The molecule has 0 radical (unpaired) electrons. The second kappa shape index (κ2) is 7.03. The van der Waals surface area contributed by atoms with Crippen LogP contribution in [0.1, 0.15) is 45.6 Å². The molecule has 7 nitrogen and oxygen atoms in total. The lowest BCUT2D eigenvalue weighted by Gasteiger charge is -2.07. The minimum absolute atomic E-state index is 0.0256. The van der Waals surface area contributed by atoms with E-state index in [1.165, 1.54) is 6.07 Å². The number of amides is 2. The molecule has 0 bridgehead atoms. The summed E-state index contributed by atoms with van der Waals surface area (Å²) < 4.78 is 5.33. The number of rotatable bonds is 6. The first-order chi connectivity index (χ1) is 12.3. The Morgan fingerprint density at radius 2 is 2.00 bits per heavy atom. The normalized spacial score (nSPS) is 18.2. The molecule has 3 rings (SSSR count). The third-order valence-corrected chi connectivity index (χ3v) is 4.46. The Kier molecular flexibility index (Phi) is 4.79. The Balaban J connectivity index is 1.61. The number of benzene rings is 1. The van der Waals surface area contributed by atoms with Gasteiger partial charge in [0.25, 0.3) is 5.91 Å². The van der Waals surface area contributed by atoms with Gasteiger partial charge in [0.2, 0.25) is 5.91 Å². The molecule has 1 saturated carbocycles.